The summed E-state index contributed by atoms with van der Waals surface area (Å²) in [5, 5.41) is 84.0. The van der Waals surface area contributed by atoms with Crippen molar-refractivity contribution in [2.75, 3.05) is 21.3 Å². The highest BCUT2D eigenvalue weighted by atomic mass is 16.5. The van der Waals surface area contributed by atoms with Gasteiger partial charge in [0.1, 0.15) is 5.78 Å². The summed E-state index contributed by atoms with van der Waals surface area (Å²) in [6.07, 6.45) is 17.2. The molecule has 12 rings (SSSR count). The third kappa shape index (κ3) is 9.95. The van der Waals surface area contributed by atoms with Gasteiger partial charge in [-0.3, -0.25) is 4.79 Å². The summed E-state index contributed by atoms with van der Waals surface area (Å²) < 4.78 is 16.8. The predicted octanol–water partition coefficient (Wildman–Crippen LogP) is 11.4. The third-order valence-corrected chi connectivity index (χ3v) is 26.7. The molecule has 12 nitrogen and oxygen atoms in total. The van der Waals surface area contributed by atoms with Crippen molar-refractivity contribution in [1.29, 1.82) is 10.5 Å². The Balaban J connectivity index is 0.000000185. The number of aliphatic hydroxyl groups is 6. The van der Waals surface area contributed by atoms with Crippen molar-refractivity contribution in [3.63, 3.8) is 0 Å². The largest absolute Gasteiger partial charge is 0.393 e. The molecule has 0 aromatic rings. The van der Waals surface area contributed by atoms with Crippen molar-refractivity contribution in [1.82, 2.24) is 0 Å². The molecule has 78 heavy (non-hydrogen) atoms. The smallest absolute Gasteiger partial charge is 0.139 e. The van der Waals surface area contributed by atoms with Crippen molar-refractivity contribution < 1.29 is 49.6 Å². The standard InChI is InChI=1S/2C21H33NO3.C20H32O4.4CH4/c2*1-20-9-17(24)19-14(15(20)7-5-13(20)11-22)6-4-12-8-16(23)18(25-3)10-21(12,19)2;1-19-10-16(24-3)14(21)8-11(19)4-5-12-13-6-7-17(23)20(13,2)9-15(22)18(12)19;;;;/h2*12-19,23-24H,4-10H2,1-3H3;11-16,18,21-22H,4-10H2,1-3H3;4*1H4/t12-,13+,14-,15-,16-,17-,18-,19+,20+,21-;12-,13-,14-,15-,16-,17-,18-,19+,20+,21-;11-,12-,13-,14-,15-,16-,18+,19-,20-;;;;/m000..../s1. The highest BCUT2D eigenvalue weighted by Gasteiger charge is 2.67. The normalized spacial score (nSPS) is 54.7. The van der Waals surface area contributed by atoms with E-state index in [1.165, 1.54) is 0 Å². The first kappa shape index (κ1) is 65.4. The minimum Gasteiger partial charge on any atom is -0.393 e. The van der Waals surface area contributed by atoms with Gasteiger partial charge in [0.05, 0.1) is 78.9 Å². The lowest BCUT2D eigenvalue weighted by atomic mass is 9.43. The van der Waals surface area contributed by atoms with Crippen LogP contribution < -0.4 is 0 Å². The molecule has 0 aromatic carbocycles. The van der Waals surface area contributed by atoms with E-state index in [0.29, 0.717) is 71.9 Å². The molecule has 0 amide bonds. The third-order valence-electron chi connectivity index (χ3n) is 26.7. The van der Waals surface area contributed by atoms with E-state index >= 15 is 0 Å². The molecule has 0 heterocycles. The Morgan fingerprint density at radius 2 is 0.731 bits per heavy atom. The number of rotatable bonds is 3. The van der Waals surface area contributed by atoms with Crippen molar-refractivity contribution in [2.24, 2.45) is 115 Å². The van der Waals surface area contributed by atoms with Gasteiger partial charge in [0, 0.05) is 33.2 Å². The monoisotopic (exact) mass is 1090 g/mol. The molecule has 448 valence electrons. The quantitative estimate of drug-likeness (QED) is 0.156. The number of fused-ring (bicyclic) bond motifs is 15. The maximum Gasteiger partial charge on any atom is 0.139 e. The summed E-state index contributed by atoms with van der Waals surface area (Å²) in [5.41, 5.74) is -0.267. The topological polar surface area (TPSA) is 214 Å². The Bertz CT molecular complexity index is 2050. The van der Waals surface area contributed by atoms with Crippen LogP contribution in [0.1, 0.15) is 206 Å². The molecular weight excluding hydrogens is 981 g/mol. The number of hydrogen-bond donors (Lipinski definition) is 6. The van der Waals surface area contributed by atoms with E-state index in [1.54, 1.807) is 21.3 Å². The molecule has 0 bridgehead atoms. The van der Waals surface area contributed by atoms with Gasteiger partial charge in [-0.15, -0.1) is 0 Å². The minimum atomic E-state index is -0.404. The fourth-order valence-electron chi connectivity index (χ4n) is 23.1. The molecule has 29 atom stereocenters. The SMILES string of the molecule is C.C.C.C.CO[C@H]1C[C@@]2(C)[C@@H](CC[C@@H]3[C@@H]2[C@@H](O)C[C@]2(C)C(=O)CC[C@@H]32)C[C@@H]1O.CO[C@H]1C[C@@]2(C)[C@@H](CC[C@@H]3[C@@H]2[C@@H](O)C[C@]2(C)[C@@H](C#N)CC[C@@H]32)C[C@@H]1O.CO[C@H]1C[C@@]2(C)[C@@H](CC[C@@H]3[C@@H]2[C@@H](O)C[C@]2(C)[C@H](C#N)CC[C@@H]32)C[C@@H]1O. The number of nitriles is 2. The minimum absolute atomic E-state index is 0. The first-order valence-corrected chi connectivity index (χ1v) is 30.0. The molecule has 0 aliphatic heterocycles. The average molecular weight is 1100 g/mol. The van der Waals surface area contributed by atoms with Crippen molar-refractivity contribution >= 4 is 5.78 Å². The van der Waals surface area contributed by atoms with E-state index in [4.69, 9.17) is 14.2 Å². The van der Waals surface area contributed by atoms with Crippen LogP contribution in [-0.4, -0.2) is 113 Å². The molecule has 6 N–H and O–H groups in total. The lowest BCUT2D eigenvalue weighted by Gasteiger charge is -2.62. The maximum atomic E-state index is 12.5. The Kier molecular flexibility index (Phi) is 19.9. The highest BCUT2D eigenvalue weighted by molar-refractivity contribution is 5.87. The van der Waals surface area contributed by atoms with Gasteiger partial charge in [-0.2, -0.15) is 10.5 Å². The summed E-state index contributed by atoms with van der Waals surface area (Å²) in [5.74, 6) is 5.81. The molecule has 12 saturated carbocycles. The van der Waals surface area contributed by atoms with Crippen LogP contribution in [0.15, 0.2) is 0 Å². The van der Waals surface area contributed by atoms with E-state index in [2.05, 4.69) is 53.7 Å². The highest BCUT2D eigenvalue weighted by Crippen LogP contribution is 2.70. The second-order valence-electron chi connectivity index (χ2n) is 29.3. The Hall–Kier alpha value is -1.71. The van der Waals surface area contributed by atoms with Crippen molar-refractivity contribution in [3.8, 4) is 12.1 Å². The van der Waals surface area contributed by atoms with E-state index in [9.17, 15) is 46.0 Å². The van der Waals surface area contributed by atoms with E-state index < -0.39 is 6.10 Å². The van der Waals surface area contributed by atoms with Gasteiger partial charge < -0.3 is 44.8 Å². The van der Waals surface area contributed by atoms with Gasteiger partial charge in [-0.1, -0.05) is 71.2 Å². The average Bonchev–Trinajstić information content (AvgIpc) is 4.15. The van der Waals surface area contributed by atoms with Crippen LogP contribution >= 0.6 is 0 Å². The number of hydrogen-bond acceptors (Lipinski definition) is 12. The summed E-state index contributed by atoms with van der Waals surface area (Å²) in [6, 6.07) is 5.09. The molecule has 12 fully saturated rings. The van der Waals surface area contributed by atoms with Crippen LogP contribution in [0.2, 0.25) is 0 Å². The zero-order valence-electron chi connectivity index (χ0n) is 46.8. The Morgan fingerprint density at radius 3 is 1.05 bits per heavy atom. The van der Waals surface area contributed by atoms with Crippen LogP contribution in [0.5, 0.6) is 0 Å². The summed E-state index contributed by atoms with van der Waals surface area (Å²) in [4.78, 5) is 12.5. The summed E-state index contributed by atoms with van der Waals surface area (Å²) in [7, 11) is 5.07. The van der Waals surface area contributed by atoms with Crippen LogP contribution in [0.25, 0.3) is 0 Å². The number of ketones is 1. The number of ether oxygens (including phenoxy) is 3. The molecule has 0 radical (unpaired) electrons. The van der Waals surface area contributed by atoms with Gasteiger partial charge in [-0.05, 0) is 227 Å². The maximum absolute atomic E-state index is 12.5. The van der Waals surface area contributed by atoms with E-state index in [-0.39, 0.29) is 141 Å². The Morgan fingerprint density at radius 1 is 0.410 bits per heavy atom. The molecule has 0 unspecified atom stereocenters. The fraction of sp³-hybridized carbons (Fsp3) is 0.955. The van der Waals surface area contributed by atoms with E-state index in [0.717, 1.165) is 122 Å². The van der Waals surface area contributed by atoms with Gasteiger partial charge in [0.25, 0.3) is 0 Å². The number of nitrogens with zero attached hydrogens (tertiary/aromatic N) is 2. The summed E-state index contributed by atoms with van der Waals surface area (Å²) in [6.45, 7) is 13.6. The lowest BCUT2D eigenvalue weighted by Crippen LogP contribution is -2.61. The molecule has 0 saturated heterocycles. The molecule has 0 aromatic heterocycles. The van der Waals surface area contributed by atoms with Gasteiger partial charge in [-0.25, -0.2) is 0 Å². The second-order valence-corrected chi connectivity index (χ2v) is 29.3. The lowest BCUT2D eigenvalue weighted by molar-refractivity contribution is -0.198. The zero-order chi connectivity index (χ0) is 53.2. The van der Waals surface area contributed by atoms with Gasteiger partial charge in [0.15, 0.2) is 0 Å². The number of Topliss-reactive ketones (excluding diaryl/α,β-unsaturated/α-hetero) is 1. The molecule has 12 aliphatic rings. The van der Waals surface area contributed by atoms with Crippen LogP contribution in [-0.2, 0) is 19.0 Å². The molecule has 12 heteroatoms. The molecule has 0 spiro atoms. The number of methoxy groups -OCH3 is 3. The van der Waals surface area contributed by atoms with Crippen LogP contribution in [0.4, 0.5) is 0 Å². The first-order valence-electron chi connectivity index (χ1n) is 30.0. The number of aliphatic hydroxyl groups excluding tert-OH is 6. The molecule has 12 aliphatic carbocycles. The molecular formula is C66H114N2O10. The Labute approximate surface area is 473 Å². The number of carbonyl (C=O) groups is 1. The summed E-state index contributed by atoms with van der Waals surface area (Å²) >= 11 is 0. The van der Waals surface area contributed by atoms with Crippen LogP contribution in [0.3, 0.4) is 0 Å². The second kappa shape index (κ2) is 23.7. The van der Waals surface area contributed by atoms with Gasteiger partial charge in [0.2, 0.25) is 0 Å². The van der Waals surface area contributed by atoms with Crippen molar-refractivity contribution in [3.05, 3.63) is 0 Å². The number of carbonyl (C=O) groups excluding carboxylic acids is 1. The zero-order valence-corrected chi connectivity index (χ0v) is 46.8. The van der Waals surface area contributed by atoms with Gasteiger partial charge >= 0.3 is 0 Å². The first-order chi connectivity index (χ1) is 35.0. The predicted molar refractivity (Wildman–Crippen MR) is 306 cm³/mol. The van der Waals surface area contributed by atoms with E-state index in [1.807, 2.05) is 0 Å². The van der Waals surface area contributed by atoms with Crippen molar-refractivity contribution in [2.45, 2.75) is 261 Å². The van der Waals surface area contributed by atoms with Crippen LogP contribution in [0, 0.1) is 138 Å². The fourth-order valence-corrected chi connectivity index (χ4v) is 23.1.